The lowest BCUT2D eigenvalue weighted by Gasteiger charge is -2.29. The first-order valence-corrected chi connectivity index (χ1v) is 7.43. The van der Waals surface area contributed by atoms with Gasteiger partial charge in [-0.25, -0.2) is 4.39 Å². The zero-order chi connectivity index (χ0) is 15.4. The van der Waals surface area contributed by atoms with E-state index in [1.54, 1.807) is 9.80 Å². The Morgan fingerprint density at radius 1 is 1.24 bits per heavy atom. The predicted octanol–water partition coefficient (Wildman–Crippen LogP) is 2.30. The lowest BCUT2D eigenvalue weighted by molar-refractivity contribution is -0.134. The molecular formula is C16H21FN2O2. The second-order valence-corrected chi connectivity index (χ2v) is 5.17. The van der Waals surface area contributed by atoms with Crippen molar-refractivity contribution in [2.45, 2.75) is 32.7 Å². The van der Waals surface area contributed by atoms with Crippen molar-refractivity contribution in [1.82, 2.24) is 9.80 Å². The van der Waals surface area contributed by atoms with E-state index in [9.17, 15) is 14.0 Å². The molecule has 0 N–H and O–H groups in total. The van der Waals surface area contributed by atoms with Crippen LogP contribution in [0.3, 0.4) is 0 Å². The Morgan fingerprint density at radius 3 is 2.43 bits per heavy atom. The van der Waals surface area contributed by atoms with Crippen LogP contribution in [-0.2, 0) is 4.79 Å². The number of hydrogen-bond donors (Lipinski definition) is 0. The molecule has 2 rings (SSSR count). The highest BCUT2D eigenvalue weighted by Crippen LogP contribution is 2.22. The SMILES string of the molecule is CCN(CC)C(=O)C1CCCN1C(=O)c1ccc(F)cc1. The number of amides is 2. The average molecular weight is 292 g/mol. The Balaban J connectivity index is 2.16. The number of halogens is 1. The maximum Gasteiger partial charge on any atom is 0.254 e. The van der Waals surface area contributed by atoms with Crippen molar-refractivity contribution < 1.29 is 14.0 Å². The molecule has 0 saturated carbocycles. The highest BCUT2D eigenvalue weighted by Gasteiger charge is 2.36. The summed E-state index contributed by atoms with van der Waals surface area (Å²) in [5, 5.41) is 0. The third-order valence-corrected chi connectivity index (χ3v) is 3.97. The molecule has 1 unspecified atom stereocenters. The van der Waals surface area contributed by atoms with Crippen molar-refractivity contribution in [2.24, 2.45) is 0 Å². The van der Waals surface area contributed by atoms with Crippen LogP contribution in [0.2, 0.25) is 0 Å². The van der Waals surface area contributed by atoms with Gasteiger partial charge < -0.3 is 9.80 Å². The van der Waals surface area contributed by atoms with Gasteiger partial charge in [0, 0.05) is 25.2 Å². The fourth-order valence-electron chi connectivity index (χ4n) is 2.77. The maximum absolute atomic E-state index is 12.9. The quantitative estimate of drug-likeness (QED) is 0.854. The van der Waals surface area contributed by atoms with Crippen molar-refractivity contribution in [1.29, 1.82) is 0 Å². The summed E-state index contributed by atoms with van der Waals surface area (Å²) in [5.41, 5.74) is 0.427. The number of likely N-dealkylation sites (N-methyl/N-ethyl adjacent to an activating group) is 1. The van der Waals surface area contributed by atoms with Gasteiger partial charge in [-0.1, -0.05) is 0 Å². The summed E-state index contributed by atoms with van der Waals surface area (Å²) in [7, 11) is 0. The number of hydrogen-bond acceptors (Lipinski definition) is 2. The number of benzene rings is 1. The van der Waals surface area contributed by atoms with Crippen molar-refractivity contribution in [3.05, 3.63) is 35.6 Å². The van der Waals surface area contributed by atoms with Gasteiger partial charge in [-0.15, -0.1) is 0 Å². The van der Waals surface area contributed by atoms with Gasteiger partial charge in [-0.05, 0) is 51.0 Å². The molecule has 0 bridgehead atoms. The zero-order valence-electron chi connectivity index (χ0n) is 12.5. The minimum absolute atomic E-state index is 0.00737. The van der Waals surface area contributed by atoms with Crippen LogP contribution in [0.5, 0.6) is 0 Å². The van der Waals surface area contributed by atoms with Gasteiger partial charge in [0.15, 0.2) is 0 Å². The van der Waals surface area contributed by atoms with E-state index >= 15 is 0 Å². The van der Waals surface area contributed by atoms with Gasteiger partial charge in [0.25, 0.3) is 5.91 Å². The molecule has 2 amide bonds. The van der Waals surface area contributed by atoms with Crippen LogP contribution in [0.15, 0.2) is 24.3 Å². The first kappa shape index (κ1) is 15.5. The second-order valence-electron chi connectivity index (χ2n) is 5.17. The summed E-state index contributed by atoms with van der Waals surface area (Å²) in [4.78, 5) is 28.4. The van der Waals surface area contributed by atoms with Crippen LogP contribution in [0.4, 0.5) is 4.39 Å². The van der Waals surface area contributed by atoms with Crippen molar-refractivity contribution in [3.63, 3.8) is 0 Å². The van der Waals surface area contributed by atoms with Crippen LogP contribution < -0.4 is 0 Å². The molecule has 0 aliphatic carbocycles. The van der Waals surface area contributed by atoms with E-state index in [1.807, 2.05) is 13.8 Å². The van der Waals surface area contributed by atoms with Crippen LogP contribution in [0, 0.1) is 5.82 Å². The standard InChI is InChI=1S/C16H21FN2O2/c1-3-18(4-2)16(21)14-6-5-11-19(14)15(20)12-7-9-13(17)10-8-12/h7-10,14H,3-6,11H2,1-2H3. The largest absolute Gasteiger partial charge is 0.341 e. The number of likely N-dealkylation sites (tertiary alicyclic amines) is 1. The summed E-state index contributed by atoms with van der Waals surface area (Å²) in [6.07, 6.45) is 1.52. The molecule has 0 radical (unpaired) electrons. The summed E-state index contributed by atoms with van der Waals surface area (Å²) < 4.78 is 12.9. The second kappa shape index (κ2) is 6.70. The van der Waals surface area contributed by atoms with Gasteiger partial charge in [-0.3, -0.25) is 9.59 Å². The van der Waals surface area contributed by atoms with Gasteiger partial charge in [0.2, 0.25) is 5.91 Å². The molecule has 4 nitrogen and oxygen atoms in total. The van der Waals surface area contributed by atoms with Gasteiger partial charge in [0.1, 0.15) is 11.9 Å². The fourth-order valence-corrected chi connectivity index (χ4v) is 2.77. The van der Waals surface area contributed by atoms with Crippen molar-refractivity contribution in [2.75, 3.05) is 19.6 Å². The zero-order valence-corrected chi connectivity index (χ0v) is 12.5. The molecule has 5 heteroatoms. The summed E-state index contributed by atoms with van der Waals surface area (Å²) in [6.45, 7) is 5.73. The highest BCUT2D eigenvalue weighted by atomic mass is 19.1. The summed E-state index contributed by atoms with van der Waals surface area (Å²) in [5.74, 6) is -0.560. The van der Waals surface area contributed by atoms with E-state index in [0.717, 1.165) is 6.42 Å². The van der Waals surface area contributed by atoms with Gasteiger partial charge >= 0.3 is 0 Å². The topological polar surface area (TPSA) is 40.6 Å². The van der Waals surface area contributed by atoms with E-state index in [2.05, 4.69) is 0 Å². The summed E-state index contributed by atoms with van der Waals surface area (Å²) >= 11 is 0. The van der Waals surface area contributed by atoms with Crippen LogP contribution >= 0.6 is 0 Å². The number of rotatable bonds is 4. The minimum Gasteiger partial charge on any atom is -0.341 e. The molecule has 1 saturated heterocycles. The van der Waals surface area contributed by atoms with E-state index in [0.29, 0.717) is 31.6 Å². The lowest BCUT2D eigenvalue weighted by Crippen LogP contribution is -2.47. The molecule has 1 fully saturated rings. The molecule has 21 heavy (non-hydrogen) atoms. The van der Waals surface area contributed by atoms with Crippen LogP contribution in [0.25, 0.3) is 0 Å². The van der Waals surface area contributed by atoms with E-state index in [4.69, 9.17) is 0 Å². The van der Waals surface area contributed by atoms with E-state index < -0.39 is 0 Å². The highest BCUT2D eigenvalue weighted by molar-refractivity contribution is 5.97. The third kappa shape index (κ3) is 3.23. The Hall–Kier alpha value is -1.91. The first-order valence-electron chi connectivity index (χ1n) is 7.43. The Kier molecular flexibility index (Phi) is 4.94. The molecule has 114 valence electrons. The van der Waals surface area contributed by atoms with Crippen molar-refractivity contribution in [3.8, 4) is 0 Å². The average Bonchev–Trinajstić information content (AvgIpc) is 2.97. The lowest BCUT2D eigenvalue weighted by atomic mass is 10.1. The molecule has 0 spiro atoms. The van der Waals surface area contributed by atoms with Crippen LogP contribution in [-0.4, -0.2) is 47.3 Å². The normalized spacial score (nSPS) is 17.9. The van der Waals surface area contributed by atoms with Crippen LogP contribution in [0.1, 0.15) is 37.0 Å². The van der Waals surface area contributed by atoms with Gasteiger partial charge in [0.05, 0.1) is 0 Å². The minimum atomic E-state index is -0.387. The van der Waals surface area contributed by atoms with Crippen molar-refractivity contribution >= 4 is 11.8 Å². The monoisotopic (exact) mass is 292 g/mol. The Labute approximate surface area is 124 Å². The number of nitrogens with zero attached hydrogens (tertiary/aromatic N) is 2. The van der Waals surface area contributed by atoms with Gasteiger partial charge in [-0.2, -0.15) is 0 Å². The molecule has 1 aromatic carbocycles. The Morgan fingerprint density at radius 2 is 1.86 bits per heavy atom. The van der Waals surface area contributed by atoms with E-state index in [-0.39, 0.29) is 23.7 Å². The van der Waals surface area contributed by atoms with E-state index in [1.165, 1.54) is 24.3 Å². The molecule has 1 aromatic rings. The summed E-state index contributed by atoms with van der Waals surface area (Å²) in [6, 6.07) is 5.08. The molecule has 1 aliphatic rings. The number of carbonyl (C=O) groups is 2. The molecule has 0 aromatic heterocycles. The first-order chi connectivity index (χ1) is 10.1. The Bertz CT molecular complexity index is 512. The maximum atomic E-state index is 12.9. The molecular weight excluding hydrogens is 271 g/mol. The fraction of sp³-hybridized carbons (Fsp3) is 0.500. The molecule has 1 aliphatic heterocycles. The molecule has 1 heterocycles. The molecule has 1 atom stereocenters. The third-order valence-electron chi connectivity index (χ3n) is 3.97. The smallest absolute Gasteiger partial charge is 0.254 e. The number of carbonyl (C=O) groups excluding carboxylic acids is 2. The predicted molar refractivity (Wildman–Crippen MR) is 78.4 cm³/mol.